The first kappa shape index (κ1) is 58.7. The number of imidazole rings is 2. The summed E-state index contributed by atoms with van der Waals surface area (Å²) >= 11 is 3.27. The van der Waals surface area contributed by atoms with Gasteiger partial charge in [0.1, 0.15) is 11.4 Å². The van der Waals surface area contributed by atoms with Gasteiger partial charge in [-0.1, -0.05) is 123 Å². The van der Waals surface area contributed by atoms with Crippen molar-refractivity contribution >= 4 is 104 Å². The highest BCUT2D eigenvalue weighted by Crippen LogP contribution is 2.40. The van der Waals surface area contributed by atoms with Crippen LogP contribution in [0.4, 0.5) is 11.4 Å². The van der Waals surface area contributed by atoms with Crippen LogP contribution in [0, 0.1) is 27.7 Å². The number of pyridine rings is 5. The molecule has 8 aromatic carbocycles. The summed E-state index contributed by atoms with van der Waals surface area (Å²) in [5.74, 6) is 1.45. The van der Waals surface area contributed by atoms with Gasteiger partial charge < -0.3 is 9.13 Å². The van der Waals surface area contributed by atoms with Crippen LogP contribution >= 0.6 is 15.9 Å². The van der Waals surface area contributed by atoms with Crippen molar-refractivity contribution < 1.29 is 0 Å². The molecule has 0 spiro atoms. The standard InChI is InChI=1S/C43H30N8.C35H26N4.C5H4BrN/c1-27-11-13-38-32(23-27)33-24-28(2)12-14-39(33)49(38)31-25-36(42-47-34-7-3-5-9-40(34)50(42)29-15-19-44-20-16-29)46-37(26-31)43-48-35-8-4-6-10-41(35)51(43)30-17-21-45-22-18-30;1-21-11-13-34-26(15-21)27-16-22(2)12-14-35(27)39(34)25-19-32(30-17-23-7-3-5-9-28(23)36-30)38-33(20-25)31-18-24-8-4-6-10-29(24)37-31;6-5-1-3-7-4-2-5/h3-26H,1-2H3;3-16,19-20H,17-18H2,1-2H3;1-4H. The molecule has 464 valence electrons. The molecule has 0 N–H and O–H groups in total. The third-order valence-electron chi connectivity index (χ3n) is 18.2. The number of rotatable bonds is 8. The first-order valence-electron chi connectivity index (χ1n) is 32.3. The third-order valence-corrected chi connectivity index (χ3v) is 18.7. The highest BCUT2D eigenvalue weighted by molar-refractivity contribution is 9.10. The van der Waals surface area contributed by atoms with Crippen LogP contribution in [-0.4, -0.2) is 64.6 Å². The Morgan fingerprint density at radius 3 is 1.01 bits per heavy atom. The van der Waals surface area contributed by atoms with Crippen LogP contribution in [0.2, 0.25) is 0 Å². The van der Waals surface area contributed by atoms with E-state index in [4.69, 9.17) is 29.9 Å². The van der Waals surface area contributed by atoms with Crippen LogP contribution in [0.1, 0.15) is 44.8 Å². The maximum absolute atomic E-state index is 5.42. The molecule has 2 aliphatic heterocycles. The Labute approximate surface area is 567 Å². The number of aromatic nitrogens is 11. The second kappa shape index (κ2) is 24.3. The molecule has 0 bridgehead atoms. The summed E-state index contributed by atoms with van der Waals surface area (Å²) < 4.78 is 10.1. The average Bonchev–Trinajstić information content (AvgIpc) is 1.60. The van der Waals surface area contributed by atoms with E-state index in [2.05, 4.69) is 222 Å². The van der Waals surface area contributed by atoms with E-state index in [1.807, 2.05) is 110 Å². The van der Waals surface area contributed by atoms with Gasteiger partial charge in [0.05, 0.1) is 101 Å². The maximum Gasteiger partial charge on any atom is 0.164 e. The maximum atomic E-state index is 5.42. The summed E-state index contributed by atoms with van der Waals surface area (Å²) in [7, 11) is 0. The number of aliphatic imine (C=N–C) groups is 2. The zero-order chi connectivity index (χ0) is 65.3. The van der Waals surface area contributed by atoms with Crippen molar-refractivity contribution in [3.63, 3.8) is 0 Å². The van der Waals surface area contributed by atoms with Gasteiger partial charge in [0.15, 0.2) is 11.6 Å². The zero-order valence-corrected chi connectivity index (χ0v) is 55.1. The molecule has 19 rings (SSSR count). The Bertz CT molecular complexity index is 5680. The van der Waals surface area contributed by atoms with Crippen LogP contribution in [-0.2, 0) is 12.8 Å². The van der Waals surface area contributed by atoms with Crippen LogP contribution in [0.3, 0.4) is 0 Å². The van der Waals surface area contributed by atoms with Gasteiger partial charge in [0.25, 0.3) is 0 Å². The van der Waals surface area contributed by atoms with Gasteiger partial charge in [-0.05, 0) is 184 Å². The predicted octanol–water partition coefficient (Wildman–Crippen LogP) is 19.6. The molecular weight excluding hydrogens is 1260 g/mol. The summed E-state index contributed by atoms with van der Waals surface area (Å²) in [6.07, 6.45) is 12.3. The molecule has 0 amide bonds. The van der Waals surface area contributed by atoms with Crippen LogP contribution < -0.4 is 0 Å². The van der Waals surface area contributed by atoms with Crippen molar-refractivity contribution in [2.75, 3.05) is 0 Å². The summed E-state index contributed by atoms with van der Waals surface area (Å²) in [6, 6.07) is 80.5. The molecule has 2 aliphatic rings. The summed E-state index contributed by atoms with van der Waals surface area (Å²) in [5.41, 5.74) is 27.1. The average molecular weight is 1320 g/mol. The summed E-state index contributed by atoms with van der Waals surface area (Å²) in [5, 5.41) is 4.96. The van der Waals surface area contributed by atoms with Crippen LogP contribution in [0.15, 0.2) is 282 Å². The lowest BCUT2D eigenvalue weighted by molar-refractivity contribution is 1.04. The van der Waals surface area contributed by atoms with E-state index < -0.39 is 0 Å². The Balaban J connectivity index is 0.000000137. The Hall–Kier alpha value is -12.1. The van der Waals surface area contributed by atoms with E-state index in [0.717, 1.165) is 130 Å². The Morgan fingerprint density at radius 1 is 0.299 bits per heavy atom. The van der Waals surface area contributed by atoms with E-state index in [0.29, 0.717) is 0 Å². The molecule has 0 saturated carbocycles. The topological polar surface area (TPSA) is 135 Å². The van der Waals surface area contributed by atoms with Gasteiger partial charge >= 0.3 is 0 Å². The van der Waals surface area contributed by atoms with Crippen molar-refractivity contribution in [1.82, 2.24) is 53.2 Å². The molecule has 9 aromatic heterocycles. The van der Waals surface area contributed by atoms with Crippen molar-refractivity contribution in [3.05, 3.63) is 317 Å². The largest absolute Gasteiger partial charge is 0.309 e. The highest BCUT2D eigenvalue weighted by Gasteiger charge is 2.26. The SMILES string of the molecule is Brc1ccncc1.Cc1ccc2c(c1)c1cc(C)ccc1n2-c1cc(-c2nc3ccccc3n2-c2ccncc2)nc(-c2nc3ccccc3n2-c2ccncc2)c1.Cc1ccc2c(c1)c1cc(C)ccc1n2-c1cc(C2=Nc3ccccc3C2)nc(C2=Nc3ccccc3C2)c1. The van der Waals surface area contributed by atoms with E-state index in [9.17, 15) is 0 Å². The first-order valence-corrected chi connectivity index (χ1v) is 33.1. The van der Waals surface area contributed by atoms with E-state index in [1.54, 1.807) is 12.4 Å². The lowest BCUT2D eigenvalue weighted by Crippen LogP contribution is -2.12. The molecule has 0 aliphatic carbocycles. The number of nitrogens with zero attached hydrogens (tertiary/aromatic N) is 13. The molecular formula is C83H60BrN13. The zero-order valence-electron chi connectivity index (χ0n) is 53.5. The van der Waals surface area contributed by atoms with Gasteiger partial charge in [-0.3, -0.25) is 34.1 Å². The fraction of sp³-hybridized carbons (Fsp3) is 0.0723. The van der Waals surface area contributed by atoms with Crippen LogP contribution in [0.25, 0.3) is 111 Å². The second-order valence-corrected chi connectivity index (χ2v) is 25.7. The van der Waals surface area contributed by atoms with Gasteiger partial charge in [-0.25, -0.2) is 19.9 Å². The van der Waals surface area contributed by atoms with Crippen LogP contribution in [0.5, 0.6) is 0 Å². The van der Waals surface area contributed by atoms with Gasteiger partial charge in [0.2, 0.25) is 0 Å². The number of para-hydroxylation sites is 6. The monoisotopic (exact) mass is 1320 g/mol. The molecule has 0 unspecified atom stereocenters. The fourth-order valence-electron chi connectivity index (χ4n) is 13.7. The number of fused-ring (bicyclic) bond motifs is 10. The Kier molecular flexibility index (Phi) is 14.7. The van der Waals surface area contributed by atoms with Crippen molar-refractivity contribution in [2.45, 2.75) is 40.5 Å². The second-order valence-electron chi connectivity index (χ2n) is 24.8. The normalized spacial score (nSPS) is 12.4. The lowest BCUT2D eigenvalue weighted by atomic mass is 10.0. The van der Waals surface area contributed by atoms with Crippen molar-refractivity contribution in [3.8, 4) is 45.8 Å². The molecule has 0 radical (unpaired) electrons. The van der Waals surface area contributed by atoms with Gasteiger partial charge in [-0.15, -0.1) is 0 Å². The summed E-state index contributed by atoms with van der Waals surface area (Å²) in [4.78, 5) is 43.5. The van der Waals surface area contributed by atoms with E-state index in [-0.39, 0.29) is 0 Å². The molecule has 14 heteroatoms. The van der Waals surface area contributed by atoms with Crippen molar-refractivity contribution in [2.24, 2.45) is 9.98 Å². The number of benzene rings is 8. The first-order chi connectivity index (χ1) is 47.6. The quantitative estimate of drug-likeness (QED) is 0.148. The molecule has 0 saturated heterocycles. The predicted molar refractivity (Wildman–Crippen MR) is 396 cm³/mol. The third kappa shape index (κ3) is 10.8. The van der Waals surface area contributed by atoms with Gasteiger partial charge in [-0.2, -0.15) is 0 Å². The number of hydrogen-bond donors (Lipinski definition) is 0. The number of halogens is 1. The molecule has 0 fully saturated rings. The fourth-order valence-corrected chi connectivity index (χ4v) is 13.9. The molecule has 97 heavy (non-hydrogen) atoms. The molecule has 0 atom stereocenters. The van der Waals surface area contributed by atoms with E-state index in [1.165, 1.54) is 66.0 Å². The molecule has 13 nitrogen and oxygen atoms in total. The molecule has 17 aromatic rings. The minimum Gasteiger partial charge on any atom is -0.309 e. The van der Waals surface area contributed by atoms with E-state index >= 15 is 0 Å². The minimum atomic E-state index is 0.720. The minimum absolute atomic E-state index is 0.720. The molecule has 11 heterocycles. The van der Waals surface area contributed by atoms with Gasteiger partial charge in [0, 0.05) is 76.0 Å². The lowest BCUT2D eigenvalue weighted by Gasteiger charge is -2.15. The Morgan fingerprint density at radius 2 is 0.639 bits per heavy atom. The smallest absolute Gasteiger partial charge is 0.164 e. The number of hydrogen-bond acceptors (Lipinski definition) is 9. The summed E-state index contributed by atoms with van der Waals surface area (Å²) in [6.45, 7) is 8.61. The number of aryl methyl sites for hydroxylation is 4. The van der Waals surface area contributed by atoms with Crippen molar-refractivity contribution in [1.29, 1.82) is 0 Å². The highest BCUT2D eigenvalue weighted by atomic mass is 79.9.